The number of nitrogens with one attached hydrogen (secondary N) is 1. The summed E-state index contributed by atoms with van der Waals surface area (Å²) >= 11 is 1.33. The summed E-state index contributed by atoms with van der Waals surface area (Å²) in [5.41, 5.74) is 2.01. The molecule has 150 valence electrons. The summed E-state index contributed by atoms with van der Waals surface area (Å²) in [6, 6.07) is 14.9. The molecule has 0 aliphatic heterocycles. The van der Waals surface area contributed by atoms with Crippen LogP contribution in [0.2, 0.25) is 0 Å². The molecule has 0 saturated carbocycles. The average Bonchev–Trinajstić information content (AvgIpc) is 3.33. The highest BCUT2D eigenvalue weighted by Crippen LogP contribution is 2.27. The third-order valence-electron chi connectivity index (χ3n) is 4.38. The molecule has 0 fully saturated rings. The first-order valence-electron chi connectivity index (χ1n) is 8.98. The number of aromatic nitrogens is 3. The Morgan fingerprint density at radius 1 is 1.07 bits per heavy atom. The molecule has 4 rings (SSSR count). The maximum atomic E-state index is 12.2. The van der Waals surface area contributed by atoms with Crippen molar-refractivity contribution in [2.24, 2.45) is 0 Å². The lowest BCUT2D eigenvalue weighted by atomic mass is 10.1. The summed E-state index contributed by atoms with van der Waals surface area (Å²) in [6.45, 7) is 0. The van der Waals surface area contributed by atoms with Crippen LogP contribution in [0, 0.1) is 10.1 Å². The van der Waals surface area contributed by atoms with Gasteiger partial charge in [-0.05, 0) is 12.1 Å². The lowest BCUT2D eigenvalue weighted by Gasteiger charge is -2.02. The van der Waals surface area contributed by atoms with E-state index in [1.165, 1.54) is 23.5 Å². The van der Waals surface area contributed by atoms with Gasteiger partial charge in [-0.25, -0.2) is 4.52 Å². The van der Waals surface area contributed by atoms with Crippen LogP contribution in [-0.2, 0) is 4.79 Å². The van der Waals surface area contributed by atoms with Crippen molar-refractivity contribution in [1.82, 2.24) is 14.6 Å². The Morgan fingerprint density at radius 2 is 1.80 bits per heavy atom. The smallest absolute Gasteiger partial charge is 0.269 e. The number of benzene rings is 2. The van der Waals surface area contributed by atoms with Crippen molar-refractivity contribution < 1.29 is 14.5 Å². The second-order valence-corrected chi connectivity index (χ2v) is 7.23. The molecule has 2 aromatic heterocycles. The molecule has 10 heteroatoms. The number of hydrogen-bond acceptors (Lipinski definition) is 7. The number of nitrogens with zero attached hydrogens (tertiary/aromatic N) is 4. The molecule has 2 aromatic carbocycles. The highest BCUT2D eigenvalue weighted by molar-refractivity contribution is 7.15. The van der Waals surface area contributed by atoms with Crippen molar-refractivity contribution in [3.8, 4) is 11.3 Å². The van der Waals surface area contributed by atoms with E-state index in [1.807, 2.05) is 11.4 Å². The molecule has 2 heterocycles. The van der Waals surface area contributed by atoms with Gasteiger partial charge in [0.25, 0.3) is 5.69 Å². The summed E-state index contributed by atoms with van der Waals surface area (Å²) in [4.78, 5) is 39.5. The quantitative estimate of drug-likeness (QED) is 0.274. The third-order valence-corrected chi connectivity index (χ3v) is 5.20. The number of amides is 1. The van der Waals surface area contributed by atoms with Crippen molar-refractivity contribution in [3.05, 3.63) is 75.7 Å². The van der Waals surface area contributed by atoms with Gasteiger partial charge in [0.15, 0.2) is 5.78 Å². The van der Waals surface area contributed by atoms with Gasteiger partial charge in [0.2, 0.25) is 16.8 Å². The van der Waals surface area contributed by atoms with E-state index in [1.54, 1.807) is 40.9 Å². The lowest BCUT2D eigenvalue weighted by Crippen LogP contribution is -2.14. The first-order valence-corrected chi connectivity index (χ1v) is 9.86. The van der Waals surface area contributed by atoms with Gasteiger partial charge >= 0.3 is 0 Å². The Hall–Kier alpha value is -3.92. The molecule has 9 nitrogen and oxygen atoms in total. The maximum absolute atomic E-state index is 12.2. The minimum atomic E-state index is -0.460. The van der Waals surface area contributed by atoms with Crippen molar-refractivity contribution in [1.29, 1.82) is 0 Å². The summed E-state index contributed by atoms with van der Waals surface area (Å²) in [5.74, 6) is -0.318. The van der Waals surface area contributed by atoms with Gasteiger partial charge in [-0.3, -0.25) is 25.0 Å². The van der Waals surface area contributed by atoms with E-state index in [2.05, 4.69) is 15.4 Å². The van der Waals surface area contributed by atoms with Crippen molar-refractivity contribution in [3.63, 3.8) is 0 Å². The van der Waals surface area contributed by atoms with Gasteiger partial charge < -0.3 is 0 Å². The molecule has 30 heavy (non-hydrogen) atoms. The maximum Gasteiger partial charge on any atom is 0.269 e. The minimum absolute atomic E-state index is 0.00168. The number of carbonyl (C=O) groups is 2. The van der Waals surface area contributed by atoms with Gasteiger partial charge in [0.05, 0.1) is 10.6 Å². The largest absolute Gasteiger partial charge is 0.294 e. The number of nitro benzene ring substituents is 1. The zero-order valence-corrected chi connectivity index (χ0v) is 16.3. The van der Waals surface area contributed by atoms with Crippen LogP contribution in [0.15, 0.2) is 60.0 Å². The number of fused-ring (bicyclic) bond motifs is 1. The zero-order chi connectivity index (χ0) is 21.1. The number of thiazole rings is 1. The van der Waals surface area contributed by atoms with E-state index in [0.29, 0.717) is 16.2 Å². The van der Waals surface area contributed by atoms with Crippen molar-refractivity contribution >= 4 is 39.6 Å². The number of non-ortho nitro benzene ring substituents is 1. The third kappa shape index (κ3) is 4.08. The van der Waals surface area contributed by atoms with Crippen LogP contribution in [0.5, 0.6) is 0 Å². The molecule has 0 spiro atoms. The van der Waals surface area contributed by atoms with Crippen LogP contribution in [0.25, 0.3) is 16.2 Å². The van der Waals surface area contributed by atoms with Crippen LogP contribution in [0.1, 0.15) is 23.2 Å². The Kier molecular flexibility index (Phi) is 5.31. The molecule has 0 saturated heterocycles. The number of nitro groups is 1. The number of anilines is 1. The molecule has 0 aliphatic carbocycles. The second kappa shape index (κ2) is 8.21. The monoisotopic (exact) mass is 421 g/mol. The standard InChI is InChI=1S/C20H15N5O4S/c26-17(14-4-2-1-3-5-14)10-11-18(27)21-19-22-20-24(23-19)16(12-30-20)13-6-8-15(9-7-13)25(28)29/h1-9,12H,10-11H2,(H,21,23,27). The number of carbonyl (C=O) groups excluding carboxylic acids is 2. The van der Waals surface area contributed by atoms with Crippen LogP contribution >= 0.6 is 11.3 Å². The van der Waals surface area contributed by atoms with E-state index < -0.39 is 4.92 Å². The molecule has 4 aromatic rings. The van der Waals surface area contributed by atoms with E-state index in [4.69, 9.17) is 0 Å². The molecule has 1 amide bonds. The van der Waals surface area contributed by atoms with Gasteiger partial charge in [0, 0.05) is 41.5 Å². The highest BCUT2D eigenvalue weighted by atomic mass is 32.1. The SMILES string of the molecule is O=C(CCC(=O)c1ccccc1)Nc1nc2scc(-c3ccc([N+](=O)[O-])cc3)n2n1. The molecule has 0 unspecified atom stereocenters. The fourth-order valence-electron chi connectivity index (χ4n) is 2.87. The summed E-state index contributed by atoms with van der Waals surface area (Å²) < 4.78 is 1.57. The topological polar surface area (TPSA) is 120 Å². The van der Waals surface area contributed by atoms with E-state index in [9.17, 15) is 19.7 Å². The lowest BCUT2D eigenvalue weighted by molar-refractivity contribution is -0.384. The highest BCUT2D eigenvalue weighted by Gasteiger charge is 2.15. The Labute approximate surface area is 174 Å². The van der Waals surface area contributed by atoms with Gasteiger partial charge in [-0.1, -0.05) is 30.3 Å². The fourth-order valence-corrected chi connectivity index (χ4v) is 3.70. The molecule has 0 aliphatic rings. The van der Waals surface area contributed by atoms with Crippen molar-refractivity contribution in [2.45, 2.75) is 12.8 Å². The Balaban J connectivity index is 1.43. The number of hydrogen-bond donors (Lipinski definition) is 1. The molecular weight excluding hydrogens is 406 g/mol. The molecule has 0 radical (unpaired) electrons. The van der Waals surface area contributed by atoms with Crippen molar-refractivity contribution in [2.75, 3.05) is 5.32 Å². The predicted octanol–water partition coefficient (Wildman–Crippen LogP) is 3.97. The molecule has 0 atom stereocenters. The van der Waals surface area contributed by atoms with Crippen LogP contribution in [-0.4, -0.2) is 31.2 Å². The first kappa shape index (κ1) is 19.4. The Bertz CT molecular complexity index is 1230. The normalized spacial score (nSPS) is 10.8. The summed E-state index contributed by atoms with van der Waals surface area (Å²) in [6.07, 6.45) is 0.113. The second-order valence-electron chi connectivity index (χ2n) is 6.39. The number of rotatable bonds is 7. The number of Topliss-reactive ketones (excluding diaryl/α,β-unsaturated/α-hetero) is 1. The van der Waals surface area contributed by atoms with E-state index in [-0.39, 0.29) is 36.2 Å². The van der Waals surface area contributed by atoms with E-state index >= 15 is 0 Å². The zero-order valence-electron chi connectivity index (χ0n) is 15.5. The fraction of sp³-hybridized carbons (Fsp3) is 0.100. The Morgan fingerprint density at radius 3 is 2.50 bits per heavy atom. The van der Waals surface area contributed by atoms with Gasteiger partial charge in [-0.15, -0.1) is 16.4 Å². The minimum Gasteiger partial charge on any atom is -0.294 e. The van der Waals surface area contributed by atoms with Gasteiger partial charge in [-0.2, -0.15) is 4.98 Å². The average molecular weight is 421 g/mol. The van der Waals surface area contributed by atoms with Crippen LogP contribution in [0.4, 0.5) is 11.6 Å². The first-order chi connectivity index (χ1) is 14.5. The van der Waals surface area contributed by atoms with E-state index in [0.717, 1.165) is 5.56 Å². The summed E-state index contributed by atoms with van der Waals surface area (Å²) in [5, 5.41) is 19.6. The molecule has 1 N–H and O–H groups in total. The molecular formula is C20H15N5O4S. The summed E-state index contributed by atoms with van der Waals surface area (Å²) in [7, 11) is 0. The van der Waals surface area contributed by atoms with Crippen LogP contribution < -0.4 is 5.32 Å². The van der Waals surface area contributed by atoms with Crippen LogP contribution in [0.3, 0.4) is 0 Å². The number of ketones is 1. The van der Waals surface area contributed by atoms with Gasteiger partial charge in [0.1, 0.15) is 0 Å². The predicted molar refractivity (Wildman–Crippen MR) is 112 cm³/mol. The molecule has 0 bridgehead atoms.